The van der Waals surface area contributed by atoms with Gasteiger partial charge in [-0.1, -0.05) is 25.5 Å². The predicted molar refractivity (Wildman–Crippen MR) is 86.9 cm³/mol. The fourth-order valence-corrected chi connectivity index (χ4v) is 3.07. The summed E-state index contributed by atoms with van der Waals surface area (Å²) in [6.07, 6.45) is 4.19. The van der Waals surface area contributed by atoms with E-state index >= 15 is 0 Å². The Hall–Kier alpha value is -1.43. The Morgan fingerprint density at radius 2 is 2.09 bits per heavy atom. The summed E-state index contributed by atoms with van der Waals surface area (Å²) < 4.78 is 1.93. The fourth-order valence-electron chi connectivity index (χ4n) is 3.07. The summed E-state index contributed by atoms with van der Waals surface area (Å²) in [5.41, 5.74) is 1.34. The molecule has 0 radical (unpaired) electrons. The van der Waals surface area contributed by atoms with Crippen molar-refractivity contribution in [3.05, 3.63) is 11.4 Å². The normalized spacial score (nSPS) is 18.9. The number of rotatable bonds is 6. The maximum Gasteiger partial charge on any atom is 0.273 e. The molecule has 1 fully saturated rings. The zero-order chi connectivity index (χ0) is 16.1. The molecule has 124 valence electrons. The van der Waals surface area contributed by atoms with Crippen LogP contribution in [0.1, 0.15) is 68.7 Å². The molecule has 1 saturated heterocycles. The Morgan fingerprint density at radius 1 is 1.41 bits per heavy atom. The molecule has 2 heterocycles. The molecule has 22 heavy (non-hydrogen) atoms. The Bertz CT molecular complexity index is 493. The van der Waals surface area contributed by atoms with Crippen LogP contribution >= 0.6 is 0 Å². The van der Waals surface area contributed by atoms with Crippen molar-refractivity contribution in [3.63, 3.8) is 0 Å². The number of nitrogens with zero attached hydrogens (tertiary/aromatic N) is 3. The summed E-state index contributed by atoms with van der Waals surface area (Å²) in [5, 5.41) is 14.7. The van der Waals surface area contributed by atoms with Crippen molar-refractivity contribution >= 4 is 5.91 Å². The van der Waals surface area contributed by atoms with Crippen molar-refractivity contribution in [1.29, 1.82) is 0 Å². The standard InChI is InChI=1S/C16H29N5O/c1-5-11(2)10-12(3)18-16(22)15-13(4)21(20-19-15)14-6-8-17-9-7-14/h11-12,14,17H,5-10H2,1-4H3,(H,18,22). The zero-order valence-corrected chi connectivity index (χ0v) is 14.2. The van der Waals surface area contributed by atoms with Crippen LogP contribution in [-0.2, 0) is 0 Å². The monoisotopic (exact) mass is 307 g/mol. The molecule has 1 aliphatic heterocycles. The number of carbonyl (C=O) groups excluding carboxylic acids is 1. The molecule has 6 nitrogen and oxygen atoms in total. The maximum atomic E-state index is 12.4. The quantitative estimate of drug-likeness (QED) is 0.844. The van der Waals surface area contributed by atoms with Gasteiger partial charge in [0.05, 0.1) is 11.7 Å². The first-order chi connectivity index (χ1) is 10.5. The van der Waals surface area contributed by atoms with E-state index in [4.69, 9.17) is 0 Å². The largest absolute Gasteiger partial charge is 0.348 e. The molecule has 2 rings (SSSR count). The predicted octanol–water partition coefficient (Wildman–Crippen LogP) is 2.07. The number of aromatic nitrogens is 3. The third kappa shape index (κ3) is 4.06. The van der Waals surface area contributed by atoms with Gasteiger partial charge >= 0.3 is 0 Å². The summed E-state index contributed by atoms with van der Waals surface area (Å²) in [7, 11) is 0. The fraction of sp³-hybridized carbons (Fsp3) is 0.812. The smallest absolute Gasteiger partial charge is 0.273 e. The molecule has 1 aromatic heterocycles. The van der Waals surface area contributed by atoms with Crippen molar-refractivity contribution in [1.82, 2.24) is 25.6 Å². The van der Waals surface area contributed by atoms with Crippen LogP contribution in [-0.4, -0.2) is 40.0 Å². The minimum absolute atomic E-state index is 0.103. The summed E-state index contributed by atoms with van der Waals surface area (Å²) >= 11 is 0. The van der Waals surface area contributed by atoms with Gasteiger partial charge in [-0.2, -0.15) is 0 Å². The van der Waals surface area contributed by atoms with Crippen LogP contribution in [0.15, 0.2) is 0 Å². The van der Waals surface area contributed by atoms with E-state index in [0.717, 1.165) is 44.5 Å². The highest BCUT2D eigenvalue weighted by Crippen LogP contribution is 2.20. The maximum absolute atomic E-state index is 12.4. The molecule has 2 atom stereocenters. The van der Waals surface area contributed by atoms with E-state index in [9.17, 15) is 4.79 Å². The Kier molecular flexibility index (Phi) is 5.94. The minimum Gasteiger partial charge on any atom is -0.348 e. The molecular formula is C16H29N5O. The van der Waals surface area contributed by atoms with E-state index in [1.807, 2.05) is 11.6 Å². The summed E-state index contributed by atoms with van der Waals surface area (Å²) in [6.45, 7) is 10.4. The third-order valence-electron chi connectivity index (χ3n) is 4.63. The van der Waals surface area contributed by atoms with Crippen LogP contribution in [0, 0.1) is 12.8 Å². The van der Waals surface area contributed by atoms with Gasteiger partial charge < -0.3 is 10.6 Å². The van der Waals surface area contributed by atoms with Crippen LogP contribution < -0.4 is 10.6 Å². The average Bonchev–Trinajstić information content (AvgIpc) is 2.89. The van der Waals surface area contributed by atoms with Crippen LogP contribution in [0.25, 0.3) is 0 Å². The first-order valence-corrected chi connectivity index (χ1v) is 8.46. The molecule has 2 N–H and O–H groups in total. The van der Waals surface area contributed by atoms with Crippen molar-refractivity contribution in [2.24, 2.45) is 5.92 Å². The summed E-state index contributed by atoms with van der Waals surface area (Å²) in [6, 6.07) is 0.513. The van der Waals surface area contributed by atoms with Crippen molar-refractivity contribution in [3.8, 4) is 0 Å². The molecule has 6 heteroatoms. The second-order valence-corrected chi connectivity index (χ2v) is 6.57. The highest BCUT2D eigenvalue weighted by Gasteiger charge is 2.23. The van der Waals surface area contributed by atoms with Gasteiger partial charge in [-0.3, -0.25) is 4.79 Å². The lowest BCUT2D eigenvalue weighted by Gasteiger charge is -2.23. The van der Waals surface area contributed by atoms with Gasteiger partial charge in [-0.15, -0.1) is 5.10 Å². The second-order valence-electron chi connectivity index (χ2n) is 6.57. The lowest BCUT2D eigenvalue weighted by Crippen LogP contribution is -2.34. The van der Waals surface area contributed by atoms with E-state index in [1.165, 1.54) is 0 Å². The summed E-state index contributed by atoms with van der Waals surface area (Å²) in [4.78, 5) is 12.4. The van der Waals surface area contributed by atoms with Gasteiger partial charge in [0, 0.05) is 6.04 Å². The summed E-state index contributed by atoms with van der Waals surface area (Å²) in [5.74, 6) is 0.510. The molecule has 0 spiro atoms. The molecule has 1 amide bonds. The van der Waals surface area contributed by atoms with Crippen LogP contribution in [0.2, 0.25) is 0 Å². The zero-order valence-electron chi connectivity index (χ0n) is 14.2. The molecular weight excluding hydrogens is 278 g/mol. The van der Waals surface area contributed by atoms with Gasteiger partial charge in [0.2, 0.25) is 0 Å². The third-order valence-corrected chi connectivity index (χ3v) is 4.63. The van der Waals surface area contributed by atoms with E-state index < -0.39 is 0 Å². The topological polar surface area (TPSA) is 71.8 Å². The number of piperidine rings is 1. The van der Waals surface area contributed by atoms with Crippen molar-refractivity contribution < 1.29 is 4.79 Å². The molecule has 2 unspecified atom stereocenters. The SMILES string of the molecule is CCC(C)CC(C)NC(=O)c1nnn(C2CCNCC2)c1C. The first-order valence-electron chi connectivity index (χ1n) is 8.46. The Labute approximate surface area is 133 Å². The molecule has 1 aromatic rings. The minimum atomic E-state index is -0.103. The number of nitrogens with one attached hydrogen (secondary N) is 2. The average molecular weight is 307 g/mol. The van der Waals surface area contributed by atoms with Crippen molar-refractivity contribution in [2.75, 3.05) is 13.1 Å². The molecule has 0 saturated carbocycles. The van der Waals surface area contributed by atoms with Gasteiger partial charge in [0.25, 0.3) is 5.91 Å². The van der Waals surface area contributed by atoms with Gasteiger partial charge in [-0.05, 0) is 52.1 Å². The second kappa shape index (κ2) is 7.72. The van der Waals surface area contributed by atoms with E-state index in [2.05, 4.69) is 41.7 Å². The lowest BCUT2D eigenvalue weighted by molar-refractivity contribution is 0.0929. The van der Waals surface area contributed by atoms with Gasteiger partial charge in [0.15, 0.2) is 5.69 Å². The van der Waals surface area contributed by atoms with Crippen LogP contribution in [0.3, 0.4) is 0 Å². The van der Waals surface area contributed by atoms with E-state index in [-0.39, 0.29) is 11.9 Å². The highest BCUT2D eigenvalue weighted by atomic mass is 16.2. The Morgan fingerprint density at radius 3 is 2.73 bits per heavy atom. The lowest BCUT2D eigenvalue weighted by atomic mass is 10.0. The number of hydrogen-bond acceptors (Lipinski definition) is 4. The number of amides is 1. The van der Waals surface area contributed by atoms with Crippen molar-refractivity contribution in [2.45, 2.75) is 65.5 Å². The van der Waals surface area contributed by atoms with Crippen LogP contribution in [0.5, 0.6) is 0 Å². The number of hydrogen-bond donors (Lipinski definition) is 2. The van der Waals surface area contributed by atoms with E-state index in [0.29, 0.717) is 17.7 Å². The van der Waals surface area contributed by atoms with Crippen LogP contribution in [0.4, 0.5) is 0 Å². The molecule has 0 aliphatic carbocycles. The molecule has 0 aromatic carbocycles. The van der Waals surface area contributed by atoms with Gasteiger partial charge in [0.1, 0.15) is 0 Å². The van der Waals surface area contributed by atoms with E-state index in [1.54, 1.807) is 0 Å². The molecule has 0 bridgehead atoms. The first kappa shape index (κ1) is 16.9. The van der Waals surface area contributed by atoms with Gasteiger partial charge in [-0.25, -0.2) is 4.68 Å². The number of carbonyl (C=O) groups is 1. The Balaban J connectivity index is 1.99. The molecule has 1 aliphatic rings. The highest BCUT2D eigenvalue weighted by molar-refractivity contribution is 5.93.